The first-order valence-corrected chi connectivity index (χ1v) is 8.21. The second-order valence-electron chi connectivity index (χ2n) is 7.06. The van der Waals surface area contributed by atoms with Gasteiger partial charge >= 0.3 is 11.9 Å². The monoisotopic (exact) mass is 343 g/mol. The molecule has 1 heterocycles. The Morgan fingerprint density at radius 3 is 1.88 bits per heavy atom. The van der Waals surface area contributed by atoms with Crippen molar-refractivity contribution < 1.29 is 28.8 Å². The van der Waals surface area contributed by atoms with Gasteiger partial charge in [-0.25, -0.2) is 4.79 Å². The summed E-state index contributed by atoms with van der Waals surface area (Å²) in [5, 5.41) is 0.540. The van der Waals surface area contributed by atoms with E-state index < -0.39 is 28.6 Å². The highest BCUT2D eigenvalue weighted by Crippen LogP contribution is 2.62. The molecule has 1 aromatic carbocycles. The van der Waals surface area contributed by atoms with Crippen molar-refractivity contribution >= 4 is 23.8 Å². The van der Waals surface area contributed by atoms with Crippen LogP contribution < -0.4 is 0 Å². The van der Waals surface area contributed by atoms with Crippen molar-refractivity contribution in [2.75, 3.05) is 7.11 Å². The van der Waals surface area contributed by atoms with Crippen LogP contribution in [0.3, 0.4) is 0 Å². The van der Waals surface area contributed by atoms with Crippen LogP contribution >= 0.6 is 0 Å². The molecule has 1 aliphatic heterocycles. The third-order valence-electron chi connectivity index (χ3n) is 5.82. The number of hydrogen-bond acceptors (Lipinski definition) is 6. The lowest BCUT2D eigenvalue weighted by atomic mass is 9.82. The predicted octanol–water partition coefficient (Wildman–Crippen LogP) is 1.86. The molecule has 7 nitrogen and oxygen atoms in total. The van der Waals surface area contributed by atoms with Gasteiger partial charge in [-0.05, 0) is 44.2 Å². The Kier molecular flexibility index (Phi) is 3.25. The van der Waals surface area contributed by atoms with E-state index in [4.69, 9.17) is 9.57 Å². The van der Waals surface area contributed by atoms with E-state index in [0.717, 1.165) is 0 Å². The fraction of sp³-hybridized carbons (Fsp3) is 0.444. The molecule has 0 N–H and O–H groups in total. The standard InChI is InChI=1S/C18H17NO6/c1-24-15(22)17-6-8-18(10-17,9-7-17)16(23)25-19-13(20)11-4-2-3-5-12(11)14(19)21/h2-5H,6-10H2,1H3. The van der Waals surface area contributed by atoms with Gasteiger partial charge in [0.25, 0.3) is 11.8 Å². The molecular formula is C18H17NO6. The number of amides is 2. The summed E-state index contributed by atoms with van der Waals surface area (Å²) in [7, 11) is 1.34. The minimum absolute atomic E-state index is 0.222. The number of hydrogen-bond donors (Lipinski definition) is 0. The third kappa shape index (κ3) is 2.04. The van der Waals surface area contributed by atoms with Gasteiger partial charge in [0.15, 0.2) is 0 Å². The summed E-state index contributed by atoms with van der Waals surface area (Å²) in [6.45, 7) is 0. The van der Waals surface area contributed by atoms with Crippen LogP contribution in [0.1, 0.15) is 52.8 Å². The molecule has 7 heteroatoms. The van der Waals surface area contributed by atoms with E-state index in [1.807, 2.05) is 0 Å². The van der Waals surface area contributed by atoms with Gasteiger partial charge in [-0.2, -0.15) is 0 Å². The highest BCUT2D eigenvalue weighted by atomic mass is 16.7. The summed E-state index contributed by atoms with van der Waals surface area (Å²) >= 11 is 0. The van der Waals surface area contributed by atoms with Gasteiger partial charge in [-0.15, -0.1) is 0 Å². The third-order valence-corrected chi connectivity index (χ3v) is 5.82. The van der Waals surface area contributed by atoms with Crippen molar-refractivity contribution in [2.45, 2.75) is 32.1 Å². The topological polar surface area (TPSA) is 90.0 Å². The van der Waals surface area contributed by atoms with Gasteiger partial charge in [0, 0.05) is 0 Å². The van der Waals surface area contributed by atoms with Crippen LogP contribution in [-0.4, -0.2) is 35.9 Å². The zero-order valence-electron chi connectivity index (χ0n) is 13.7. The first-order chi connectivity index (χ1) is 11.9. The van der Waals surface area contributed by atoms with E-state index in [2.05, 4.69) is 0 Å². The van der Waals surface area contributed by atoms with E-state index in [-0.39, 0.29) is 17.1 Å². The van der Waals surface area contributed by atoms with E-state index >= 15 is 0 Å². The Hall–Kier alpha value is -2.70. The molecule has 2 amide bonds. The molecule has 0 atom stereocenters. The van der Waals surface area contributed by atoms with E-state index in [9.17, 15) is 19.2 Å². The molecule has 25 heavy (non-hydrogen) atoms. The summed E-state index contributed by atoms with van der Waals surface area (Å²) in [5.74, 6) is -2.20. The van der Waals surface area contributed by atoms with Gasteiger partial charge in [0.2, 0.25) is 0 Å². The number of rotatable bonds is 3. The number of carbonyl (C=O) groups excluding carboxylic acids is 4. The number of imide groups is 1. The van der Waals surface area contributed by atoms with E-state index in [1.165, 1.54) is 19.2 Å². The quantitative estimate of drug-likeness (QED) is 0.615. The number of carbonyl (C=O) groups is 4. The molecule has 0 aromatic heterocycles. The predicted molar refractivity (Wildman–Crippen MR) is 83.0 cm³/mol. The Morgan fingerprint density at radius 1 is 0.920 bits per heavy atom. The van der Waals surface area contributed by atoms with Crippen LogP contribution in [0, 0.1) is 10.8 Å². The fourth-order valence-corrected chi connectivity index (χ4v) is 4.41. The van der Waals surface area contributed by atoms with Crippen LogP contribution in [0.4, 0.5) is 0 Å². The Bertz CT molecular complexity index is 771. The smallest absolute Gasteiger partial charge is 0.339 e. The molecule has 0 spiro atoms. The lowest BCUT2D eigenvalue weighted by molar-refractivity contribution is -0.180. The van der Waals surface area contributed by atoms with Crippen molar-refractivity contribution in [1.82, 2.24) is 5.06 Å². The van der Waals surface area contributed by atoms with Gasteiger partial charge < -0.3 is 9.57 Å². The molecule has 0 saturated heterocycles. The summed E-state index contributed by atoms with van der Waals surface area (Å²) in [6.07, 6.45) is 2.43. The second kappa shape index (κ2) is 5.15. The maximum Gasteiger partial charge on any atom is 0.339 e. The largest absolute Gasteiger partial charge is 0.469 e. The summed E-state index contributed by atoms with van der Waals surface area (Å²) < 4.78 is 4.88. The second-order valence-corrected chi connectivity index (χ2v) is 7.06. The molecule has 2 bridgehead atoms. The van der Waals surface area contributed by atoms with Crippen molar-refractivity contribution in [3.63, 3.8) is 0 Å². The molecule has 0 unspecified atom stereocenters. The summed E-state index contributed by atoms with van der Waals surface area (Å²) in [4.78, 5) is 54.7. The van der Waals surface area contributed by atoms with E-state index in [1.54, 1.807) is 12.1 Å². The SMILES string of the molecule is COC(=O)C12CCC(C(=O)ON3C(=O)c4ccccc4C3=O)(CC1)C2. The lowest BCUT2D eigenvalue weighted by Crippen LogP contribution is -2.38. The number of esters is 1. The van der Waals surface area contributed by atoms with Crippen molar-refractivity contribution in [2.24, 2.45) is 10.8 Å². The van der Waals surface area contributed by atoms with Gasteiger partial charge in [-0.1, -0.05) is 17.2 Å². The lowest BCUT2D eigenvalue weighted by Gasteiger charge is -2.26. The highest BCUT2D eigenvalue weighted by Gasteiger charge is 2.63. The molecular weight excluding hydrogens is 326 g/mol. The van der Waals surface area contributed by atoms with Crippen LogP contribution in [0.2, 0.25) is 0 Å². The zero-order valence-corrected chi connectivity index (χ0v) is 13.7. The normalized spacial score (nSPS) is 29.7. The maximum absolute atomic E-state index is 12.8. The average molecular weight is 343 g/mol. The van der Waals surface area contributed by atoms with Crippen molar-refractivity contribution in [1.29, 1.82) is 0 Å². The molecule has 1 aromatic rings. The highest BCUT2D eigenvalue weighted by molar-refractivity contribution is 6.20. The first-order valence-electron chi connectivity index (χ1n) is 8.21. The fourth-order valence-electron chi connectivity index (χ4n) is 4.41. The number of benzene rings is 1. The summed E-state index contributed by atoms with van der Waals surface area (Å²) in [6, 6.07) is 6.34. The van der Waals surface area contributed by atoms with Crippen LogP contribution in [0.15, 0.2) is 24.3 Å². The number of methoxy groups -OCH3 is 1. The van der Waals surface area contributed by atoms with Gasteiger partial charge in [0.05, 0.1) is 29.1 Å². The van der Waals surface area contributed by atoms with Gasteiger partial charge in [0.1, 0.15) is 0 Å². The molecule has 4 rings (SSSR count). The molecule has 3 aliphatic rings. The zero-order chi connectivity index (χ0) is 17.8. The summed E-state index contributed by atoms with van der Waals surface area (Å²) in [5.41, 5.74) is -1.03. The number of hydroxylamine groups is 2. The van der Waals surface area contributed by atoms with E-state index in [0.29, 0.717) is 37.2 Å². The molecule has 2 fully saturated rings. The molecule has 2 saturated carbocycles. The Balaban J connectivity index is 1.54. The number of ether oxygens (including phenoxy) is 1. The average Bonchev–Trinajstić information content (AvgIpc) is 3.29. The van der Waals surface area contributed by atoms with Crippen molar-refractivity contribution in [3.05, 3.63) is 35.4 Å². The first kappa shape index (κ1) is 15.8. The number of nitrogens with zero attached hydrogens (tertiary/aromatic N) is 1. The minimum Gasteiger partial charge on any atom is -0.469 e. The maximum atomic E-state index is 12.8. The molecule has 2 aliphatic carbocycles. The number of fused-ring (bicyclic) bond motifs is 3. The minimum atomic E-state index is -0.830. The van der Waals surface area contributed by atoms with Crippen molar-refractivity contribution in [3.8, 4) is 0 Å². The van der Waals surface area contributed by atoms with Crippen LogP contribution in [0.25, 0.3) is 0 Å². The molecule has 0 radical (unpaired) electrons. The van der Waals surface area contributed by atoms with Gasteiger partial charge in [-0.3, -0.25) is 14.4 Å². The van der Waals surface area contributed by atoms with Crippen LogP contribution in [0.5, 0.6) is 0 Å². The van der Waals surface area contributed by atoms with Crippen LogP contribution in [-0.2, 0) is 19.2 Å². The Morgan fingerprint density at radius 2 is 1.40 bits per heavy atom. The Labute approximate surface area is 143 Å². The molecule has 130 valence electrons.